The zero-order valence-electron chi connectivity index (χ0n) is 18.8. The van der Waals surface area contributed by atoms with Gasteiger partial charge in [0.2, 0.25) is 5.91 Å². The van der Waals surface area contributed by atoms with E-state index < -0.39 is 6.61 Å². The molecule has 0 aliphatic heterocycles. The molecular formula is C25H22F2N4O3S. The zero-order chi connectivity index (χ0) is 24.8. The number of ether oxygens (including phenoxy) is 1. The van der Waals surface area contributed by atoms with Crippen LogP contribution in [0.3, 0.4) is 0 Å². The van der Waals surface area contributed by atoms with E-state index in [0.717, 1.165) is 11.1 Å². The Morgan fingerprint density at radius 3 is 2.57 bits per heavy atom. The van der Waals surface area contributed by atoms with E-state index in [9.17, 15) is 18.4 Å². The third kappa shape index (κ3) is 6.21. The summed E-state index contributed by atoms with van der Waals surface area (Å²) in [4.78, 5) is 36.3. The number of nitrogens with zero attached hydrogens (tertiary/aromatic N) is 4. The van der Waals surface area contributed by atoms with E-state index in [2.05, 4.69) is 14.7 Å². The standard InChI is InChI=1S/C25H22F2N4O3S/c1-30(14-17-8-10-19(11-9-17)34-24(26)27)22(32)16-35-25-29-21-7-3-2-6-20(21)23(33)31(25)15-18-5-4-12-28-13-18/h2-13,24H,14-16H2,1H3. The number of thioether (sulfide) groups is 1. The third-order valence-electron chi connectivity index (χ3n) is 5.21. The minimum Gasteiger partial charge on any atom is -0.435 e. The molecule has 0 unspecified atom stereocenters. The van der Waals surface area contributed by atoms with Gasteiger partial charge in [-0.15, -0.1) is 0 Å². The van der Waals surface area contributed by atoms with Gasteiger partial charge in [-0.1, -0.05) is 42.1 Å². The number of para-hydroxylation sites is 1. The number of benzene rings is 2. The van der Waals surface area contributed by atoms with E-state index in [-0.39, 0.29) is 29.5 Å². The predicted octanol–water partition coefficient (Wildman–Crippen LogP) is 4.19. The Morgan fingerprint density at radius 1 is 1.09 bits per heavy atom. The van der Waals surface area contributed by atoms with E-state index in [1.54, 1.807) is 60.4 Å². The second-order valence-electron chi connectivity index (χ2n) is 7.73. The summed E-state index contributed by atoms with van der Waals surface area (Å²) in [5.74, 6) is -0.0403. The van der Waals surface area contributed by atoms with Crippen LogP contribution < -0.4 is 10.3 Å². The molecule has 0 saturated carbocycles. The van der Waals surface area contributed by atoms with Crippen molar-refractivity contribution in [3.63, 3.8) is 0 Å². The van der Waals surface area contributed by atoms with Crippen LogP contribution in [0.1, 0.15) is 11.1 Å². The summed E-state index contributed by atoms with van der Waals surface area (Å²) in [7, 11) is 1.66. The van der Waals surface area contributed by atoms with Crippen molar-refractivity contribution in [1.29, 1.82) is 0 Å². The number of rotatable bonds is 9. The molecule has 0 aliphatic carbocycles. The molecular weight excluding hydrogens is 474 g/mol. The van der Waals surface area contributed by atoms with Gasteiger partial charge in [-0.2, -0.15) is 8.78 Å². The van der Waals surface area contributed by atoms with Crippen LogP contribution in [-0.2, 0) is 17.9 Å². The van der Waals surface area contributed by atoms with Gasteiger partial charge in [-0.3, -0.25) is 19.1 Å². The van der Waals surface area contributed by atoms with E-state index in [0.29, 0.717) is 22.6 Å². The van der Waals surface area contributed by atoms with Crippen molar-refractivity contribution < 1.29 is 18.3 Å². The van der Waals surface area contributed by atoms with Crippen molar-refractivity contribution >= 4 is 28.6 Å². The van der Waals surface area contributed by atoms with Crippen molar-refractivity contribution in [3.8, 4) is 5.75 Å². The molecule has 0 saturated heterocycles. The first-order valence-corrected chi connectivity index (χ1v) is 11.7. The van der Waals surface area contributed by atoms with Crippen LogP contribution in [0, 0.1) is 0 Å². The molecule has 0 N–H and O–H groups in total. The van der Waals surface area contributed by atoms with Gasteiger partial charge in [-0.05, 0) is 41.5 Å². The predicted molar refractivity (Wildman–Crippen MR) is 130 cm³/mol. The maximum absolute atomic E-state index is 13.2. The van der Waals surface area contributed by atoms with Crippen LogP contribution in [0.15, 0.2) is 83.0 Å². The average molecular weight is 497 g/mol. The van der Waals surface area contributed by atoms with Crippen molar-refractivity contribution in [2.24, 2.45) is 0 Å². The topological polar surface area (TPSA) is 77.3 Å². The van der Waals surface area contributed by atoms with E-state index in [4.69, 9.17) is 0 Å². The number of fused-ring (bicyclic) bond motifs is 1. The summed E-state index contributed by atoms with van der Waals surface area (Å²) in [6.07, 6.45) is 3.35. The molecule has 1 amide bonds. The lowest BCUT2D eigenvalue weighted by molar-refractivity contribution is -0.127. The van der Waals surface area contributed by atoms with Gasteiger partial charge in [0.25, 0.3) is 5.56 Å². The van der Waals surface area contributed by atoms with Crippen LogP contribution in [0.4, 0.5) is 8.78 Å². The lowest BCUT2D eigenvalue weighted by Gasteiger charge is -2.18. The van der Waals surface area contributed by atoms with Crippen molar-refractivity contribution in [3.05, 3.63) is 94.5 Å². The second kappa shape index (κ2) is 11.1. The molecule has 2 aromatic carbocycles. The molecule has 0 fully saturated rings. The highest BCUT2D eigenvalue weighted by Crippen LogP contribution is 2.20. The molecule has 2 heterocycles. The van der Waals surface area contributed by atoms with Gasteiger partial charge >= 0.3 is 6.61 Å². The number of carbonyl (C=O) groups is 1. The van der Waals surface area contributed by atoms with Gasteiger partial charge in [0.05, 0.1) is 23.2 Å². The Balaban J connectivity index is 1.49. The number of carbonyl (C=O) groups excluding carboxylic acids is 1. The monoisotopic (exact) mass is 496 g/mol. The summed E-state index contributed by atoms with van der Waals surface area (Å²) >= 11 is 1.19. The number of alkyl halides is 2. The molecule has 35 heavy (non-hydrogen) atoms. The largest absolute Gasteiger partial charge is 0.435 e. The van der Waals surface area contributed by atoms with Gasteiger partial charge in [0, 0.05) is 26.0 Å². The lowest BCUT2D eigenvalue weighted by atomic mass is 10.2. The first-order valence-electron chi connectivity index (χ1n) is 10.7. The molecule has 7 nitrogen and oxygen atoms in total. The van der Waals surface area contributed by atoms with E-state index >= 15 is 0 Å². The van der Waals surface area contributed by atoms with Crippen LogP contribution >= 0.6 is 11.8 Å². The van der Waals surface area contributed by atoms with Crippen LogP contribution in [-0.4, -0.2) is 44.8 Å². The number of pyridine rings is 1. The average Bonchev–Trinajstić information content (AvgIpc) is 2.86. The number of halogens is 2. The van der Waals surface area contributed by atoms with Crippen LogP contribution in [0.25, 0.3) is 10.9 Å². The minimum absolute atomic E-state index is 0.0576. The third-order valence-corrected chi connectivity index (χ3v) is 6.17. The minimum atomic E-state index is -2.89. The summed E-state index contributed by atoms with van der Waals surface area (Å²) in [6, 6.07) is 16.9. The fraction of sp³-hybridized carbons (Fsp3) is 0.200. The molecule has 10 heteroatoms. The summed E-state index contributed by atoms with van der Waals surface area (Å²) in [6.45, 7) is -2.31. The first-order chi connectivity index (χ1) is 16.9. The highest BCUT2D eigenvalue weighted by molar-refractivity contribution is 7.99. The summed E-state index contributed by atoms with van der Waals surface area (Å²) < 4.78 is 30.5. The molecule has 180 valence electrons. The molecule has 0 bridgehead atoms. The lowest BCUT2D eigenvalue weighted by Crippen LogP contribution is -2.29. The number of hydrogen-bond acceptors (Lipinski definition) is 6. The number of amides is 1. The quantitative estimate of drug-likeness (QED) is 0.255. The normalized spacial score (nSPS) is 11.1. The fourth-order valence-electron chi connectivity index (χ4n) is 3.45. The molecule has 4 aromatic rings. The fourth-order valence-corrected chi connectivity index (χ4v) is 4.39. The van der Waals surface area contributed by atoms with E-state index in [1.807, 2.05) is 12.1 Å². The Labute approximate surface area is 204 Å². The van der Waals surface area contributed by atoms with Crippen molar-refractivity contribution in [1.82, 2.24) is 19.4 Å². The zero-order valence-corrected chi connectivity index (χ0v) is 19.6. The van der Waals surface area contributed by atoms with Gasteiger partial charge < -0.3 is 9.64 Å². The Kier molecular flexibility index (Phi) is 7.71. The number of aromatic nitrogens is 3. The van der Waals surface area contributed by atoms with Crippen molar-refractivity contribution in [2.75, 3.05) is 12.8 Å². The van der Waals surface area contributed by atoms with Gasteiger partial charge in [-0.25, -0.2) is 4.98 Å². The Bertz CT molecular complexity index is 1370. The highest BCUT2D eigenvalue weighted by atomic mass is 32.2. The van der Waals surface area contributed by atoms with Crippen LogP contribution in [0.2, 0.25) is 0 Å². The van der Waals surface area contributed by atoms with Gasteiger partial charge in [0.15, 0.2) is 5.16 Å². The summed E-state index contributed by atoms with van der Waals surface area (Å²) in [5, 5.41) is 0.941. The smallest absolute Gasteiger partial charge is 0.387 e. The molecule has 0 radical (unpaired) electrons. The first kappa shape index (κ1) is 24.3. The summed E-state index contributed by atoms with van der Waals surface area (Å²) in [5.41, 5.74) is 1.99. The molecule has 0 aliphatic rings. The van der Waals surface area contributed by atoms with Crippen LogP contribution in [0.5, 0.6) is 5.75 Å². The second-order valence-corrected chi connectivity index (χ2v) is 8.67. The maximum Gasteiger partial charge on any atom is 0.387 e. The van der Waals surface area contributed by atoms with Gasteiger partial charge in [0.1, 0.15) is 5.75 Å². The van der Waals surface area contributed by atoms with E-state index in [1.165, 1.54) is 28.8 Å². The number of hydrogen-bond donors (Lipinski definition) is 0. The molecule has 2 aromatic heterocycles. The Hall–Kier alpha value is -3.79. The highest BCUT2D eigenvalue weighted by Gasteiger charge is 2.16. The molecule has 0 spiro atoms. The Morgan fingerprint density at radius 2 is 1.86 bits per heavy atom. The SMILES string of the molecule is CN(Cc1ccc(OC(F)F)cc1)C(=O)CSc1nc2ccccc2c(=O)n1Cc1cccnc1. The molecule has 0 atom stereocenters. The van der Waals surface area contributed by atoms with Crippen molar-refractivity contribution in [2.45, 2.75) is 24.9 Å². The molecule has 4 rings (SSSR count). The maximum atomic E-state index is 13.2.